The van der Waals surface area contributed by atoms with Gasteiger partial charge in [0.1, 0.15) is 5.69 Å². The van der Waals surface area contributed by atoms with Gasteiger partial charge in [0.2, 0.25) is 5.91 Å². The summed E-state index contributed by atoms with van der Waals surface area (Å²) < 4.78 is 18.6. The van der Waals surface area contributed by atoms with Gasteiger partial charge in [0.25, 0.3) is 5.69 Å². The fourth-order valence-electron chi connectivity index (χ4n) is 2.51. The first-order chi connectivity index (χ1) is 10.5. The maximum absolute atomic E-state index is 13.7. The van der Waals surface area contributed by atoms with E-state index in [4.69, 9.17) is 4.74 Å². The van der Waals surface area contributed by atoms with Crippen LogP contribution in [-0.4, -0.2) is 49.0 Å². The van der Waals surface area contributed by atoms with Crippen molar-refractivity contribution in [2.24, 2.45) is 0 Å². The van der Waals surface area contributed by atoms with Crippen LogP contribution in [-0.2, 0) is 4.79 Å². The van der Waals surface area contributed by atoms with E-state index in [0.717, 1.165) is 6.07 Å². The highest BCUT2D eigenvalue weighted by Gasteiger charge is 2.27. The predicted molar refractivity (Wildman–Crippen MR) is 78.7 cm³/mol. The molecule has 1 aliphatic heterocycles. The second-order valence-corrected chi connectivity index (χ2v) is 4.95. The molecule has 1 saturated heterocycles. The summed E-state index contributed by atoms with van der Waals surface area (Å²) in [6.07, 6.45) is 0.435. The predicted octanol–water partition coefficient (Wildman–Crippen LogP) is 1.80. The number of carbonyl (C=O) groups excluding carboxylic acids is 1. The zero-order valence-electron chi connectivity index (χ0n) is 12.5. The molecule has 1 aromatic carbocycles. The monoisotopic (exact) mass is 311 g/mol. The van der Waals surface area contributed by atoms with Crippen LogP contribution in [0.3, 0.4) is 0 Å². The second kappa shape index (κ2) is 6.59. The van der Waals surface area contributed by atoms with Gasteiger partial charge in [-0.25, -0.2) is 4.39 Å². The van der Waals surface area contributed by atoms with Crippen molar-refractivity contribution in [3.05, 3.63) is 28.1 Å². The maximum Gasteiger partial charge on any atom is 0.295 e. The molecule has 0 unspecified atom stereocenters. The number of hydrogen-bond donors (Lipinski definition) is 0. The van der Waals surface area contributed by atoms with Gasteiger partial charge in [0.05, 0.1) is 18.1 Å². The van der Waals surface area contributed by atoms with Gasteiger partial charge in [-0.15, -0.1) is 0 Å². The second-order valence-electron chi connectivity index (χ2n) is 4.95. The molecule has 1 heterocycles. The Labute approximate surface area is 127 Å². The van der Waals surface area contributed by atoms with Crippen LogP contribution in [0.25, 0.3) is 0 Å². The lowest BCUT2D eigenvalue weighted by atomic mass is 10.2. The molecule has 8 heteroatoms. The molecule has 2 rings (SSSR count). The van der Waals surface area contributed by atoms with Crippen molar-refractivity contribution in [1.82, 2.24) is 4.90 Å². The molecule has 0 aromatic heterocycles. The number of hydrogen-bond acceptors (Lipinski definition) is 5. The van der Waals surface area contributed by atoms with Gasteiger partial charge in [-0.05, 0) is 0 Å². The van der Waals surface area contributed by atoms with Gasteiger partial charge in [-0.2, -0.15) is 0 Å². The van der Waals surface area contributed by atoms with Gasteiger partial charge >= 0.3 is 0 Å². The minimum atomic E-state index is -0.766. The third kappa shape index (κ3) is 3.10. The minimum absolute atomic E-state index is 0.0346. The molecule has 1 aromatic rings. The maximum atomic E-state index is 13.7. The van der Waals surface area contributed by atoms with E-state index in [1.807, 2.05) is 0 Å². The number of nitro benzene ring substituents is 1. The van der Waals surface area contributed by atoms with Crippen LogP contribution in [0.4, 0.5) is 15.8 Å². The first-order valence-corrected chi connectivity index (χ1v) is 7.02. The van der Waals surface area contributed by atoms with Crippen LogP contribution in [0.5, 0.6) is 5.75 Å². The zero-order valence-corrected chi connectivity index (χ0v) is 12.5. The third-order valence-corrected chi connectivity index (χ3v) is 3.72. The van der Waals surface area contributed by atoms with E-state index in [9.17, 15) is 19.3 Å². The molecule has 0 radical (unpaired) electrons. The molecular weight excluding hydrogens is 293 g/mol. The summed E-state index contributed by atoms with van der Waals surface area (Å²) in [6, 6.07) is 2.21. The fraction of sp³-hybridized carbons (Fsp3) is 0.500. The smallest absolute Gasteiger partial charge is 0.295 e. The fourth-order valence-corrected chi connectivity index (χ4v) is 2.51. The number of halogens is 1. The molecule has 120 valence electrons. The lowest BCUT2D eigenvalue weighted by Gasteiger charge is -2.35. The molecule has 0 aliphatic carbocycles. The van der Waals surface area contributed by atoms with Crippen LogP contribution in [0, 0.1) is 15.9 Å². The van der Waals surface area contributed by atoms with E-state index in [0.29, 0.717) is 38.3 Å². The third-order valence-electron chi connectivity index (χ3n) is 3.72. The summed E-state index contributed by atoms with van der Waals surface area (Å²) in [5.41, 5.74) is 0.0143. The first kappa shape index (κ1) is 16.0. The number of carbonyl (C=O) groups is 1. The van der Waals surface area contributed by atoms with Crippen LogP contribution in [0.2, 0.25) is 0 Å². The van der Waals surface area contributed by atoms with Crippen molar-refractivity contribution < 1.29 is 18.8 Å². The quantitative estimate of drug-likeness (QED) is 0.626. The van der Waals surface area contributed by atoms with Crippen LogP contribution < -0.4 is 9.64 Å². The van der Waals surface area contributed by atoms with Crippen molar-refractivity contribution >= 4 is 17.3 Å². The van der Waals surface area contributed by atoms with E-state index in [2.05, 4.69) is 0 Å². The number of benzene rings is 1. The molecule has 0 spiro atoms. The van der Waals surface area contributed by atoms with Crippen LogP contribution >= 0.6 is 0 Å². The molecule has 1 amide bonds. The molecule has 0 bridgehead atoms. The zero-order chi connectivity index (χ0) is 16.3. The molecule has 0 atom stereocenters. The number of methoxy groups -OCH3 is 1. The van der Waals surface area contributed by atoms with E-state index < -0.39 is 10.7 Å². The SMILES string of the molecule is CCC(=O)N1CCN(c2cc(OC)c(F)cc2[N+](=O)[O-])CC1. The first-order valence-electron chi connectivity index (χ1n) is 7.02. The van der Waals surface area contributed by atoms with E-state index >= 15 is 0 Å². The average Bonchev–Trinajstić information content (AvgIpc) is 2.54. The Morgan fingerprint density at radius 2 is 2.00 bits per heavy atom. The summed E-state index contributed by atoms with van der Waals surface area (Å²) in [5, 5.41) is 11.1. The van der Waals surface area contributed by atoms with Crippen LogP contribution in [0.15, 0.2) is 12.1 Å². The van der Waals surface area contributed by atoms with E-state index in [1.165, 1.54) is 13.2 Å². The molecule has 1 aliphatic rings. The number of nitrogens with zero attached hydrogens (tertiary/aromatic N) is 3. The minimum Gasteiger partial charge on any atom is -0.494 e. The lowest BCUT2D eigenvalue weighted by molar-refractivity contribution is -0.384. The van der Waals surface area contributed by atoms with E-state index in [1.54, 1.807) is 16.7 Å². The Bertz CT molecular complexity index is 586. The summed E-state index contributed by atoms with van der Waals surface area (Å²) >= 11 is 0. The summed E-state index contributed by atoms with van der Waals surface area (Å²) in [4.78, 5) is 25.7. The Morgan fingerprint density at radius 1 is 1.36 bits per heavy atom. The molecular formula is C14H18FN3O4. The Morgan fingerprint density at radius 3 is 2.50 bits per heavy atom. The standard InChI is InChI=1S/C14H18FN3O4/c1-3-14(19)17-6-4-16(5-7-17)11-9-13(22-2)10(15)8-12(11)18(20)21/h8-9H,3-7H2,1-2H3. The summed E-state index contributed by atoms with van der Waals surface area (Å²) in [5.74, 6) is -0.740. The van der Waals surface area contributed by atoms with Gasteiger partial charge in [0, 0.05) is 38.7 Å². The highest BCUT2D eigenvalue weighted by Crippen LogP contribution is 2.35. The average molecular weight is 311 g/mol. The number of amides is 1. The normalized spacial score (nSPS) is 14.9. The Hall–Kier alpha value is -2.38. The highest BCUT2D eigenvalue weighted by molar-refractivity contribution is 5.76. The van der Waals surface area contributed by atoms with Crippen molar-refractivity contribution in [1.29, 1.82) is 0 Å². The molecule has 22 heavy (non-hydrogen) atoms. The van der Waals surface area contributed by atoms with Gasteiger partial charge in [-0.3, -0.25) is 14.9 Å². The number of anilines is 1. The van der Waals surface area contributed by atoms with Crippen molar-refractivity contribution in [2.75, 3.05) is 38.2 Å². The van der Waals surface area contributed by atoms with Crippen molar-refractivity contribution in [3.63, 3.8) is 0 Å². The number of rotatable bonds is 4. The largest absolute Gasteiger partial charge is 0.494 e. The summed E-state index contributed by atoms with van der Waals surface area (Å²) in [7, 11) is 1.31. The molecule has 0 saturated carbocycles. The van der Waals surface area contributed by atoms with Gasteiger partial charge in [-0.1, -0.05) is 6.92 Å². The van der Waals surface area contributed by atoms with Gasteiger partial charge in [0.15, 0.2) is 11.6 Å². The Kier molecular flexibility index (Phi) is 4.79. The Balaban J connectivity index is 2.25. The van der Waals surface area contributed by atoms with Gasteiger partial charge < -0.3 is 14.5 Å². The van der Waals surface area contributed by atoms with Crippen molar-refractivity contribution in [3.8, 4) is 5.75 Å². The number of nitro groups is 1. The summed E-state index contributed by atoms with van der Waals surface area (Å²) in [6.45, 7) is 3.69. The highest BCUT2D eigenvalue weighted by atomic mass is 19.1. The van der Waals surface area contributed by atoms with Crippen molar-refractivity contribution in [2.45, 2.75) is 13.3 Å². The van der Waals surface area contributed by atoms with Crippen LogP contribution in [0.1, 0.15) is 13.3 Å². The topological polar surface area (TPSA) is 75.9 Å². The van der Waals surface area contributed by atoms with E-state index in [-0.39, 0.29) is 17.3 Å². The number of ether oxygens (including phenoxy) is 1. The molecule has 0 N–H and O–H groups in total. The molecule has 7 nitrogen and oxygen atoms in total. The lowest BCUT2D eigenvalue weighted by Crippen LogP contribution is -2.48. The molecule has 1 fully saturated rings. The number of piperazine rings is 1.